The van der Waals surface area contributed by atoms with Gasteiger partial charge in [-0.3, -0.25) is 24.2 Å². The molecule has 2 aromatic heterocycles. The lowest BCUT2D eigenvalue weighted by molar-refractivity contribution is -0.144. The summed E-state index contributed by atoms with van der Waals surface area (Å²) in [5.74, 6) is -0.266. The van der Waals surface area contributed by atoms with Gasteiger partial charge in [-0.15, -0.1) is 0 Å². The van der Waals surface area contributed by atoms with Gasteiger partial charge in [-0.2, -0.15) is 5.10 Å². The molecule has 6 rings (SSSR count). The smallest absolute Gasteiger partial charge is 0.277 e. The molecular formula is C34H46N7O3P. The summed E-state index contributed by atoms with van der Waals surface area (Å²) in [6.45, 7) is 17.3. The Morgan fingerprint density at radius 3 is 2.56 bits per heavy atom. The zero-order valence-electron chi connectivity index (χ0n) is 27.6. The van der Waals surface area contributed by atoms with Crippen LogP contribution in [0.3, 0.4) is 0 Å². The molecule has 3 saturated heterocycles. The Bertz CT molecular complexity index is 1570. The molecule has 11 heteroatoms. The highest BCUT2D eigenvalue weighted by Gasteiger charge is 2.45. The van der Waals surface area contributed by atoms with Gasteiger partial charge in [-0.05, 0) is 78.5 Å². The van der Waals surface area contributed by atoms with Gasteiger partial charge in [-0.25, -0.2) is 0 Å². The molecule has 2 unspecified atom stereocenters. The van der Waals surface area contributed by atoms with E-state index in [-0.39, 0.29) is 17.4 Å². The maximum atomic E-state index is 14.0. The van der Waals surface area contributed by atoms with Crippen LogP contribution in [-0.2, 0) is 21.6 Å². The SMILES string of the molecule is Cc1ccc(C2CP2Nc2cn(C(C)(C)C)nc2C(=O)N2CCN(C)C(=O)C2(C)C)cc1-c1ccc(CN2CCOCC2)nc1. The van der Waals surface area contributed by atoms with Gasteiger partial charge < -0.3 is 19.6 Å². The van der Waals surface area contributed by atoms with Gasteiger partial charge in [0, 0.05) is 63.4 Å². The van der Waals surface area contributed by atoms with Crippen molar-refractivity contribution >= 4 is 25.6 Å². The van der Waals surface area contributed by atoms with E-state index in [0.717, 1.165) is 56.0 Å². The molecule has 45 heavy (non-hydrogen) atoms. The lowest BCUT2D eigenvalue weighted by atomic mass is 9.97. The topological polar surface area (TPSA) is 95.8 Å². The van der Waals surface area contributed by atoms with E-state index in [0.29, 0.717) is 24.4 Å². The Labute approximate surface area is 267 Å². The molecule has 240 valence electrons. The number of aryl methyl sites for hydroxylation is 1. The third-order valence-corrected chi connectivity index (χ3v) is 11.3. The molecule has 5 heterocycles. The van der Waals surface area contributed by atoms with Crippen molar-refractivity contribution < 1.29 is 14.3 Å². The van der Waals surface area contributed by atoms with E-state index < -0.39 is 13.6 Å². The Hall–Kier alpha value is -3.33. The zero-order valence-corrected chi connectivity index (χ0v) is 28.5. The first-order valence-corrected chi connectivity index (χ1v) is 17.5. The monoisotopic (exact) mass is 631 g/mol. The second kappa shape index (κ2) is 12.1. The Balaban J connectivity index is 1.19. The first kappa shape index (κ1) is 31.6. The van der Waals surface area contributed by atoms with E-state index in [1.165, 1.54) is 16.7 Å². The number of carbonyl (C=O) groups excluding carboxylic acids is 2. The van der Waals surface area contributed by atoms with Gasteiger partial charge in [0.05, 0.1) is 30.1 Å². The summed E-state index contributed by atoms with van der Waals surface area (Å²) < 4.78 is 7.34. The van der Waals surface area contributed by atoms with Crippen molar-refractivity contribution in [1.82, 2.24) is 29.5 Å². The summed E-state index contributed by atoms with van der Waals surface area (Å²) in [6, 6.07) is 11.1. The number of pyridine rings is 1. The van der Waals surface area contributed by atoms with Crippen LogP contribution in [0.15, 0.2) is 42.7 Å². The van der Waals surface area contributed by atoms with Crippen molar-refractivity contribution in [2.45, 2.75) is 64.8 Å². The van der Waals surface area contributed by atoms with Crippen LogP contribution in [-0.4, -0.2) is 99.4 Å². The molecule has 2 amide bonds. The molecular weight excluding hydrogens is 585 g/mol. The van der Waals surface area contributed by atoms with E-state index in [1.807, 2.05) is 30.9 Å². The van der Waals surface area contributed by atoms with Crippen LogP contribution >= 0.6 is 8.07 Å². The van der Waals surface area contributed by atoms with Crippen molar-refractivity contribution in [2.75, 3.05) is 57.7 Å². The summed E-state index contributed by atoms with van der Waals surface area (Å²) in [5, 5.41) is 8.51. The fourth-order valence-electron chi connectivity index (χ4n) is 6.18. The molecule has 2 atom stereocenters. The molecule has 0 aliphatic carbocycles. The fraction of sp³-hybridized carbons (Fsp3) is 0.529. The molecule has 0 bridgehead atoms. The van der Waals surface area contributed by atoms with E-state index in [2.05, 4.69) is 68.0 Å². The van der Waals surface area contributed by atoms with Crippen molar-refractivity contribution in [3.05, 3.63) is 65.2 Å². The summed E-state index contributed by atoms with van der Waals surface area (Å²) in [7, 11) is 1.22. The predicted molar refractivity (Wildman–Crippen MR) is 179 cm³/mol. The average molecular weight is 632 g/mol. The van der Waals surface area contributed by atoms with E-state index in [9.17, 15) is 9.59 Å². The van der Waals surface area contributed by atoms with Crippen LogP contribution in [0.4, 0.5) is 5.69 Å². The average Bonchev–Trinajstić information content (AvgIpc) is 3.63. The molecule has 3 aliphatic heterocycles. The van der Waals surface area contributed by atoms with Gasteiger partial charge in [-0.1, -0.05) is 24.3 Å². The number of hydrogen-bond donors (Lipinski definition) is 1. The Morgan fingerprint density at radius 2 is 1.87 bits per heavy atom. The van der Waals surface area contributed by atoms with Crippen LogP contribution in [0.2, 0.25) is 0 Å². The fourth-order valence-corrected chi connectivity index (χ4v) is 8.16. The number of hydrogen-bond acceptors (Lipinski definition) is 7. The van der Waals surface area contributed by atoms with Crippen LogP contribution < -0.4 is 5.09 Å². The van der Waals surface area contributed by atoms with Crippen molar-refractivity contribution in [3.63, 3.8) is 0 Å². The second-order valence-corrected chi connectivity index (χ2v) is 16.2. The van der Waals surface area contributed by atoms with Gasteiger partial charge in [0.15, 0.2) is 5.69 Å². The van der Waals surface area contributed by atoms with Crippen LogP contribution in [0, 0.1) is 6.92 Å². The maximum absolute atomic E-state index is 14.0. The minimum absolute atomic E-state index is 0.0596. The van der Waals surface area contributed by atoms with Gasteiger partial charge in [0.2, 0.25) is 5.91 Å². The third kappa shape index (κ3) is 6.51. The lowest BCUT2D eigenvalue weighted by Crippen LogP contribution is -2.63. The molecule has 0 radical (unpaired) electrons. The van der Waals surface area contributed by atoms with Crippen LogP contribution in [0.5, 0.6) is 0 Å². The van der Waals surface area contributed by atoms with Crippen molar-refractivity contribution in [3.8, 4) is 11.1 Å². The third-order valence-electron chi connectivity index (χ3n) is 9.20. The van der Waals surface area contributed by atoms with Gasteiger partial charge in [0.25, 0.3) is 5.91 Å². The molecule has 1 aromatic carbocycles. The largest absolute Gasteiger partial charge is 0.379 e. The van der Waals surface area contributed by atoms with E-state index in [1.54, 1.807) is 16.8 Å². The number of aromatic nitrogens is 3. The summed E-state index contributed by atoms with van der Waals surface area (Å²) in [4.78, 5) is 37.5. The highest BCUT2D eigenvalue weighted by Crippen LogP contribution is 2.68. The van der Waals surface area contributed by atoms with Crippen molar-refractivity contribution in [1.29, 1.82) is 0 Å². The zero-order chi connectivity index (χ0) is 32.1. The van der Waals surface area contributed by atoms with Crippen molar-refractivity contribution in [2.24, 2.45) is 0 Å². The highest BCUT2D eigenvalue weighted by molar-refractivity contribution is 7.67. The first-order valence-electron chi connectivity index (χ1n) is 15.9. The van der Waals surface area contributed by atoms with Gasteiger partial charge in [0.1, 0.15) is 5.54 Å². The molecule has 10 nitrogen and oxygen atoms in total. The first-order chi connectivity index (χ1) is 21.3. The number of ether oxygens (including phenoxy) is 1. The number of benzene rings is 1. The van der Waals surface area contributed by atoms with Crippen LogP contribution in [0.25, 0.3) is 11.1 Å². The number of rotatable bonds is 7. The van der Waals surface area contributed by atoms with Crippen LogP contribution in [0.1, 0.15) is 67.6 Å². The number of anilines is 1. The lowest BCUT2D eigenvalue weighted by Gasteiger charge is -2.44. The Kier molecular flexibility index (Phi) is 8.52. The standard InChI is InChI=1S/C34H46N7O3P/c1-23-8-9-24(18-27(23)25-10-11-26(35-19-25)20-39-14-16-44-17-15-39)29-22-45(29)37-28-21-41(33(2,3)4)36-30(28)31(42)40-13-12-38(7)32(43)34(40,5)6/h8-11,18-19,21,29,37H,12-17,20,22H2,1-7H3. The number of piperazine rings is 1. The van der Waals surface area contributed by atoms with Gasteiger partial charge >= 0.3 is 0 Å². The number of nitrogens with zero attached hydrogens (tertiary/aromatic N) is 6. The molecule has 0 saturated carbocycles. The number of likely N-dealkylation sites (N-methyl/N-ethyl adjacent to an activating group) is 1. The number of morpholine rings is 1. The van der Waals surface area contributed by atoms with E-state index in [4.69, 9.17) is 14.8 Å². The molecule has 3 aliphatic rings. The highest BCUT2D eigenvalue weighted by atomic mass is 31.1. The number of amides is 2. The minimum Gasteiger partial charge on any atom is -0.379 e. The number of carbonyl (C=O) groups is 2. The molecule has 0 spiro atoms. The maximum Gasteiger partial charge on any atom is 0.277 e. The molecule has 3 fully saturated rings. The quantitative estimate of drug-likeness (QED) is 0.363. The Morgan fingerprint density at radius 1 is 1.11 bits per heavy atom. The minimum atomic E-state index is -0.936. The summed E-state index contributed by atoms with van der Waals surface area (Å²) >= 11 is 0. The molecule has 3 aromatic rings. The number of nitrogens with one attached hydrogen (secondary N) is 1. The summed E-state index contributed by atoms with van der Waals surface area (Å²) in [5.41, 5.74) is 6.22. The van der Waals surface area contributed by atoms with E-state index >= 15 is 0 Å². The second-order valence-electron chi connectivity index (χ2n) is 14.0. The summed E-state index contributed by atoms with van der Waals surface area (Å²) in [6.07, 6.45) is 4.99. The normalized spacial score (nSPS) is 22.1. The predicted octanol–water partition coefficient (Wildman–Crippen LogP) is 5.10. The molecule has 1 N–H and O–H groups in total.